The molecule has 0 aliphatic carbocycles. The van der Waals surface area contributed by atoms with Gasteiger partial charge in [-0.05, 0) is 37.1 Å². The number of carbonyl (C=O) groups is 2. The van der Waals surface area contributed by atoms with E-state index < -0.39 is 6.04 Å². The van der Waals surface area contributed by atoms with Crippen molar-refractivity contribution in [3.05, 3.63) is 60.2 Å². The number of rotatable bonds is 8. The van der Waals surface area contributed by atoms with Gasteiger partial charge < -0.3 is 16.0 Å². The van der Waals surface area contributed by atoms with Crippen molar-refractivity contribution < 1.29 is 9.59 Å². The maximum absolute atomic E-state index is 12.5. The Morgan fingerprint density at radius 1 is 1.00 bits per heavy atom. The van der Waals surface area contributed by atoms with E-state index in [0.29, 0.717) is 12.2 Å². The fourth-order valence-electron chi connectivity index (χ4n) is 2.45. The van der Waals surface area contributed by atoms with Crippen molar-refractivity contribution in [2.45, 2.75) is 31.7 Å². The molecule has 0 bridgehead atoms. The minimum atomic E-state index is -0.585. The first kappa shape index (κ1) is 20.8. The van der Waals surface area contributed by atoms with Crippen LogP contribution in [0.1, 0.15) is 19.4 Å². The van der Waals surface area contributed by atoms with Crippen LogP contribution >= 0.6 is 11.8 Å². The van der Waals surface area contributed by atoms with E-state index in [1.807, 2.05) is 32.0 Å². The van der Waals surface area contributed by atoms with Crippen molar-refractivity contribution in [1.29, 1.82) is 0 Å². The number of para-hydroxylation sites is 1. The molecule has 0 heterocycles. The normalized spacial score (nSPS) is 11.7. The molecule has 0 aliphatic rings. The quantitative estimate of drug-likeness (QED) is 0.474. The zero-order valence-electron chi connectivity index (χ0n) is 16.0. The smallest absolute Gasteiger partial charge is 0.319 e. The molecular formula is C21H27N3O2S. The highest BCUT2D eigenvalue weighted by molar-refractivity contribution is 7.99. The number of nitrogens with one attached hydrogen (secondary N) is 3. The molecule has 1 atom stereocenters. The van der Waals surface area contributed by atoms with Crippen LogP contribution in [0.4, 0.5) is 10.5 Å². The van der Waals surface area contributed by atoms with Crippen LogP contribution in [-0.4, -0.2) is 30.3 Å². The lowest BCUT2D eigenvalue weighted by Gasteiger charge is -2.22. The molecule has 2 rings (SSSR count). The first-order valence-electron chi connectivity index (χ1n) is 9.05. The van der Waals surface area contributed by atoms with Crippen LogP contribution in [0.2, 0.25) is 0 Å². The number of amides is 3. The van der Waals surface area contributed by atoms with Crippen LogP contribution in [0, 0.1) is 12.8 Å². The zero-order chi connectivity index (χ0) is 19.6. The summed E-state index contributed by atoms with van der Waals surface area (Å²) in [5, 5.41) is 8.41. The van der Waals surface area contributed by atoms with E-state index in [2.05, 4.69) is 47.1 Å². The molecule has 3 amide bonds. The van der Waals surface area contributed by atoms with E-state index in [-0.39, 0.29) is 17.9 Å². The fourth-order valence-corrected chi connectivity index (χ4v) is 3.22. The molecule has 144 valence electrons. The van der Waals surface area contributed by atoms with Gasteiger partial charge in [-0.15, -0.1) is 11.8 Å². The molecule has 0 saturated carbocycles. The van der Waals surface area contributed by atoms with E-state index in [4.69, 9.17) is 0 Å². The van der Waals surface area contributed by atoms with E-state index >= 15 is 0 Å². The van der Waals surface area contributed by atoms with Gasteiger partial charge in [-0.3, -0.25) is 4.79 Å². The Morgan fingerprint density at radius 2 is 1.67 bits per heavy atom. The van der Waals surface area contributed by atoms with E-state index in [1.165, 1.54) is 10.5 Å². The summed E-state index contributed by atoms with van der Waals surface area (Å²) in [5.74, 6) is 0.588. The Bertz CT molecular complexity index is 733. The lowest BCUT2D eigenvalue weighted by Crippen LogP contribution is -2.51. The molecule has 0 aromatic heterocycles. The first-order valence-corrected chi connectivity index (χ1v) is 10.0. The summed E-state index contributed by atoms with van der Waals surface area (Å²) in [4.78, 5) is 25.8. The molecule has 0 saturated heterocycles. The number of hydrogen-bond acceptors (Lipinski definition) is 3. The summed E-state index contributed by atoms with van der Waals surface area (Å²) in [6, 6.07) is 16.5. The minimum absolute atomic E-state index is 0.0173. The second kappa shape index (κ2) is 10.6. The average molecular weight is 386 g/mol. The Hall–Kier alpha value is -2.47. The zero-order valence-corrected chi connectivity index (χ0v) is 16.8. The van der Waals surface area contributed by atoms with E-state index in [9.17, 15) is 9.59 Å². The number of thioether (sulfide) groups is 1. The number of benzene rings is 2. The van der Waals surface area contributed by atoms with Crippen molar-refractivity contribution >= 4 is 29.4 Å². The molecule has 27 heavy (non-hydrogen) atoms. The summed E-state index contributed by atoms with van der Waals surface area (Å²) in [7, 11) is 0. The van der Waals surface area contributed by atoms with E-state index in [1.54, 1.807) is 23.9 Å². The second-order valence-electron chi connectivity index (χ2n) is 6.64. The van der Waals surface area contributed by atoms with Gasteiger partial charge in [0.1, 0.15) is 6.04 Å². The predicted octanol–water partition coefficient (Wildman–Crippen LogP) is 4.05. The van der Waals surface area contributed by atoms with Crippen molar-refractivity contribution in [3.8, 4) is 0 Å². The summed E-state index contributed by atoms with van der Waals surface area (Å²) < 4.78 is 0. The Labute approximate surface area is 165 Å². The van der Waals surface area contributed by atoms with Crippen molar-refractivity contribution in [2.75, 3.05) is 17.6 Å². The molecule has 3 N–H and O–H groups in total. The second-order valence-corrected chi connectivity index (χ2v) is 7.81. The highest BCUT2D eigenvalue weighted by Crippen LogP contribution is 2.17. The summed E-state index contributed by atoms with van der Waals surface area (Å²) in [5.41, 5.74) is 1.92. The molecule has 0 aliphatic heterocycles. The van der Waals surface area contributed by atoms with Crippen LogP contribution in [0.15, 0.2) is 59.5 Å². The summed E-state index contributed by atoms with van der Waals surface area (Å²) in [6.45, 7) is 6.42. The number of hydrogen-bond donors (Lipinski definition) is 3. The van der Waals surface area contributed by atoms with Crippen LogP contribution in [-0.2, 0) is 4.79 Å². The molecule has 5 nitrogen and oxygen atoms in total. The lowest BCUT2D eigenvalue weighted by atomic mass is 10.0. The van der Waals surface area contributed by atoms with Crippen molar-refractivity contribution in [2.24, 2.45) is 5.92 Å². The third kappa shape index (κ3) is 7.35. The number of carbonyl (C=O) groups excluding carboxylic acids is 2. The average Bonchev–Trinajstić information content (AvgIpc) is 2.65. The van der Waals surface area contributed by atoms with Crippen molar-refractivity contribution in [1.82, 2.24) is 10.6 Å². The van der Waals surface area contributed by atoms with Gasteiger partial charge in [-0.25, -0.2) is 4.79 Å². The van der Waals surface area contributed by atoms with Gasteiger partial charge >= 0.3 is 6.03 Å². The van der Waals surface area contributed by atoms with Gasteiger partial charge in [-0.1, -0.05) is 49.7 Å². The Balaban J connectivity index is 1.78. The monoisotopic (exact) mass is 385 g/mol. The summed E-state index contributed by atoms with van der Waals surface area (Å²) >= 11 is 1.69. The molecule has 2 aromatic rings. The Morgan fingerprint density at radius 3 is 2.30 bits per heavy atom. The number of aryl methyl sites for hydroxylation is 1. The van der Waals surface area contributed by atoms with Gasteiger partial charge in [0, 0.05) is 22.9 Å². The lowest BCUT2D eigenvalue weighted by molar-refractivity contribution is -0.123. The van der Waals surface area contributed by atoms with Gasteiger partial charge in [0.2, 0.25) is 5.91 Å². The predicted molar refractivity (Wildman–Crippen MR) is 112 cm³/mol. The van der Waals surface area contributed by atoms with Gasteiger partial charge in [0.05, 0.1) is 0 Å². The largest absolute Gasteiger partial charge is 0.353 e. The number of urea groups is 1. The minimum Gasteiger partial charge on any atom is -0.353 e. The van der Waals surface area contributed by atoms with Gasteiger partial charge in [0.15, 0.2) is 0 Å². The Kier molecular flexibility index (Phi) is 8.20. The summed E-state index contributed by atoms with van der Waals surface area (Å²) in [6.07, 6.45) is 0. The molecule has 1 unspecified atom stereocenters. The van der Waals surface area contributed by atoms with E-state index in [0.717, 1.165) is 5.75 Å². The molecule has 0 fully saturated rings. The number of anilines is 1. The highest BCUT2D eigenvalue weighted by Gasteiger charge is 2.23. The third-order valence-corrected chi connectivity index (χ3v) is 4.97. The fraction of sp³-hybridized carbons (Fsp3) is 0.333. The topological polar surface area (TPSA) is 70.2 Å². The third-order valence-electron chi connectivity index (χ3n) is 3.96. The van der Waals surface area contributed by atoms with Crippen LogP contribution in [0.5, 0.6) is 0 Å². The molecule has 6 heteroatoms. The molecule has 0 spiro atoms. The van der Waals surface area contributed by atoms with Crippen LogP contribution < -0.4 is 16.0 Å². The highest BCUT2D eigenvalue weighted by atomic mass is 32.2. The maximum Gasteiger partial charge on any atom is 0.319 e. The van der Waals surface area contributed by atoms with Crippen molar-refractivity contribution in [3.63, 3.8) is 0 Å². The molecule has 2 aromatic carbocycles. The van der Waals surface area contributed by atoms with Gasteiger partial charge in [-0.2, -0.15) is 0 Å². The van der Waals surface area contributed by atoms with Crippen LogP contribution in [0.25, 0.3) is 0 Å². The van der Waals surface area contributed by atoms with Gasteiger partial charge in [0.25, 0.3) is 0 Å². The molecule has 0 radical (unpaired) electrons. The maximum atomic E-state index is 12.5. The van der Waals surface area contributed by atoms with Crippen LogP contribution in [0.3, 0.4) is 0 Å². The molecular weight excluding hydrogens is 358 g/mol. The standard InChI is InChI=1S/C21H27N3O2S/c1-15(2)19(24-21(26)23-17-7-5-4-6-8-17)20(25)22-13-14-27-18-11-9-16(3)10-12-18/h4-12,15,19H,13-14H2,1-3H3,(H,22,25)(H2,23,24,26). The SMILES string of the molecule is Cc1ccc(SCCNC(=O)C(NC(=O)Nc2ccccc2)C(C)C)cc1. The first-order chi connectivity index (χ1) is 13.0.